The van der Waals surface area contributed by atoms with E-state index in [1.807, 2.05) is 84.9 Å². The minimum atomic E-state index is -1.54. The molecule has 0 radical (unpaired) electrons. The molecule has 2 saturated heterocycles. The molecular weight excluding hydrogens is 1440 g/mol. The summed E-state index contributed by atoms with van der Waals surface area (Å²) < 4.78 is 21.0. The summed E-state index contributed by atoms with van der Waals surface area (Å²) in [6.07, 6.45) is 3.00. The van der Waals surface area contributed by atoms with Crippen molar-refractivity contribution in [2.24, 2.45) is 10.8 Å². The molecule has 32 heteroatoms. The number of aliphatic carboxylic acids is 1. The van der Waals surface area contributed by atoms with Gasteiger partial charge in [-0.3, -0.25) is 38.4 Å². The maximum atomic E-state index is 15.8. The molecule has 9 heterocycles. The van der Waals surface area contributed by atoms with Gasteiger partial charge < -0.3 is 71.3 Å². The first-order chi connectivity index (χ1) is 53.5. The van der Waals surface area contributed by atoms with Gasteiger partial charge in [-0.2, -0.15) is 0 Å². The zero-order chi connectivity index (χ0) is 79.9. The van der Waals surface area contributed by atoms with Crippen LogP contribution in [0.15, 0.2) is 155 Å². The third kappa shape index (κ3) is 18.5. The van der Waals surface area contributed by atoms with Gasteiger partial charge in [-0.25, -0.2) is 24.1 Å². The van der Waals surface area contributed by atoms with Crippen LogP contribution in [0.3, 0.4) is 0 Å². The summed E-state index contributed by atoms with van der Waals surface area (Å²) in [4.78, 5) is 149. The number of aromatic amines is 1. The lowest BCUT2D eigenvalue weighted by Crippen LogP contribution is -2.61. The third-order valence-electron chi connectivity index (χ3n) is 20.8. The van der Waals surface area contributed by atoms with Crippen LogP contribution < -0.4 is 57.8 Å². The van der Waals surface area contributed by atoms with Crippen LogP contribution in [0.5, 0.6) is 11.5 Å². The van der Waals surface area contributed by atoms with Crippen molar-refractivity contribution in [2.75, 3.05) is 27.2 Å². The smallest absolute Gasteiger partial charge is 0.434 e. The highest BCUT2D eigenvalue weighted by molar-refractivity contribution is 5.98. The number of aromatic nitrogens is 8. The summed E-state index contributed by atoms with van der Waals surface area (Å²) in [6, 6.07) is 25.3. The molecule has 6 aromatic carbocycles. The predicted octanol–water partition coefficient (Wildman–Crippen LogP) is 4.06. The van der Waals surface area contributed by atoms with Crippen LogP contribution in [0.1, 0.15) is 126 Å². The first-order valence-electron chi connectivity index (χ1n) is 37.3. The van der Waals surface area contributed by atoms with Crippen LogP contribution in [-0.2, 0) is 75.6 Å². The summed E-state index contributed by atoms with van der Waals surface area (Å²) >= 11 is 0. The normalized spacial score (nSPS) is 21.4. The van der Waals surface area contributed by atoms with Crippen molar-refractivity contribution >= 4 is 74.8 Å². The monoisotopic (exact) mass is 1530 g/mol. The molecule has 112 heavy (non-hydrogen) atoms. The second kappa shape index (κ2) is 34.0. The molecule has 15 rings (SSSR count). The van der Waals surface area contributed by atoms with Crippen LogP contribution in [0, 0.1) is 10.8 Å². The van der Waals surface area contributed by atoms with Crippen LogP contribution in [-0.4, -0.2) is 190 Å². The summed E-state index contributed by atoms with van der Waals surface area (Å²) in [7, 11) is 3.23. The number of likely N-dealkylation sites (tertiary alicyclic amines) is 2. The van der Waals surface area contributed by atoms with Crippen molar-refractivity contribution in [1.82, 2.24) is 92.5 Å². The molecule has 10 N–H and O–H groups in total. The van der Waals surface area contributed by atoms with Gasteiger partial charge in [-0.05, 0) is 120 Å². The maximum Gasteiger partial charge on any atom is 0.434 e. The van der Waals surface area contributed by atoms with E-state index in [2.05, 4.69) is 73.4 Å². The number of hydrogen-bond acceptors (Lipinski definition) is 20. The zero-order valence-electron chi connectivity index (χ0n) is 63.9. The number of nitrogens with one attached hydrogen (secondary N) is 9. The average Bonchev–Trinajstić information content (AvgIpc) is 1.61. The highest BCUT2D eigenvalue weighted by Gasteiger charge is 2.51. The molecule has 8 bridgehead atoms. The van der Waals surface area contributed by atoms with E-state index in [0.29, 0.717) is 39.4 Å². The Hall–Kier alpha value is -12.2. The third-order valence-corrected chi connectivity index (χ3v) is 20.8. The van der Waals surface area contributed by atoms with Crippen LogP contribution in [0.2, 0.25) is 0 Å². The van der Waals surface area contributed by atoms with Gasteiger partial charge in [0.25, 0.3) is 0 Å². The Balaban J connectivity index is 0.915. The standard InChI is InChI=1S/C80H94N18O14/c1-44(81-9)68(99)87-66(79(3,4)5)75(105)95-33-31-61-64(95)72(103)83-58(38-47-19-23-49-15-11-13-17-52(49)35-47)70(101)85-60(77(107)108)37-46-21-27-56(28-22-46)110-42-54-40-97(93-89-54)62-32-34-96(76(106)67(80(6,7)8)88-69(100)45(2)82-10)65(62)73(104)84-59(39-48-20-24-50-16-12-14-18-53(50)36-48)71(102)86-63(74-91-92-78(109)112-74)51-25-29-57(30-26-51)111-43-55-41-98(61)94-90-55/h11-30,35-36,40-41,44-45,58-67,81-82H,31-34,37-39,42-43H2,1-10H3,(H,83,103)(H,84,104)(H,85,101)(H,86,102)(H,87,99)(H,88,100)(H,92,109)(H,107,108)/t44-,45-,58-,59-,60-,61+,62+,63-,64-,65-,66+,67+/m0/s1. The fourth-order valence-electron chi connectivity index (χ4n) is 14.3. The molecule has 3 aromatic heterocycles. The quantitative estimate of drug-likeness (QED) is 0.0734. The lowest BCUT2D eigenvalue weighted by Gasteiger charge is -2.37. The molecule has 12 atom stereocenters. The lowest BCUT2D eigenvalue weighted by molar-refractivity contribution is -0.145. The average molecular weight is 1530 g/mol. The van der Waals surface area contributed by atoms with Crippen molar-refractivity contribution in [1.29, 1.82) is 0 Å². The molecule has 0 unspecified atom stereocenters. The molecule has 9 aromatic rings. The second-order valence-electron chi connectivity index (χ2n) is 30.9. The molecule has 8 amide bonds. The summed E-state index contributed by atoms with van der Waals surface area (Å²) in [5.41, 5.74) is 0.885. The number of amides is 8. The number of benzene rings is 6. The topological polar surface area (TPSA) is 415 Å². The second-order valence-corrected chi connectivity index (χ2v) is 30.9. The Bertz CT molecular complexity index is 5010. The van der Waals surface area contributed by atoms with Gasteiger partial charge in [0.05, 0.1) is 36.6 Å². The number of hydrogen-bond donors (Lipinski definition) is 10. The van der Waals surface area contributed by atoms with Gasteiger partial charge in [0, 0.05) is 32.4 Å². The van der Waals surface area contributed by atoms with Crippen molar-refractivity contribution < 1.29 is 62.1 Å². The molecule has 588 valence electrons. The molecule has 32 nitrogen and oxygen atoms in total. The van der Waals surface area contributed by atoms with E-state index < -0.39 is 142 Å². The number of carboxylic acids is 1. The molecule has 6 aliphatic heterocycles. The lowest BCUT2D eigenvalue weighted by atomic mass is 9.85. The number of carboxylic acid groups (broad SMARTS) is 1. The number of ether oxygens (including phenoxy) is 2. The van der Waals surface area contributed by atoms with E-state index in [1.165, 1.54) is 19.2 Å². The maximum absolute atomic E-state index is 15.8. The Labute approximate surface area is 645 Å². The fourth-order valence-corrected chi connectivity index (χ4v) is 14.3. The van der Waals surface area contributed by atoms with E-state index in [4.69, 9.17) is 13.9 Å². The number of H-pyrrole nitrogens is 1. The van der Waals surface area contributed by atoms with E-state index in [9.17, 15) is 24.3 Å². The SMILES string of the molecule is CN[C@@H](C)C(=O)N[C@H](C(=O)N1CC[C@@H]2[C@H]1C(=O)N[C@@H](Cc1ccc3ccccc3c1)C(=O)N[C@H](c1n[nH]c(=O)o1)c1ccc(cc1)OCc1cn(nn1)[C@@H]1CCN(C(=O)[C@@H](NC(=O)[C@H](C)NC)C(C)(C)C)[C@@H]1C(=O)N[C@@H](Cc1ccc3ccccc3c1)C(=O)N[C@H](C(=O)O)Cc1ccc(cc1)OCc1cn2nn1)C(C)(C)C. The van der Waals surface area contributed by atoms with E-state index >= 15 is 28.8 Å². The summed E-state index contributed by atoms with van der Waals surface area (Å²) in [5.74, 6) is -7.13. The van der Waals surface area contributed by atoms with E-state index in [0.717, 1.165) is 21.5 Å². The first kappa shape index (κ1) is 79.4. The number of fused-ring (bicyclic) bond motifs is 2. The minimum absolute atomic E-state index is 0.00274. The van der Waals surface area contributed by atoms with Crippen molar-refractivity contribution in [3.63, 3.8) is 0 Å². The van der Waals surface area contributed by atoms with E-state index in [1.54, 1.807) is 130 Å². The summed E-state index contributed by atoms with van der Waals surface area (Å²) in [6.45, 7) is 13.7. The predicted molar refractivity (Wildman–Crippen MR) is 409 cm³/mol. The highest BCUT2D eigenvalue weighted by atomic mass is 16.5. The van der Waals surface area contributed by atoms with Gasteiger partial charge in [0.1, 0.15) is 84.4 Å². The van der Waals surface area contributed by atoms with Gasteiger partial charge in [-0.1, -0.05) is 161 Å². The number of nitrogens with zero attached hydrogens (tertiary/aromatic N) is 9. The van der Waals surface area contributed by atoms with Crippen LogP contribution >= 0.6 is 0 Å². The number of rotatable bonds is 14. The minimum Gasteiger partial charge on any atom is -0.487 e. The van der Waals surface area contributed by atoms with E-state index in [-0.39, 0.29) is 70.0 Å². The number of carbonyl (C=O) groups excluding carboxylic acids is 8. The van der Waals surface area contributed by atoms with Crippen molar-refractivity contribution in [3.05, 3.63) is 196 Å². The van der Waals surface area contributed by atoms with Gasteiger partial charge in [0.15, 0.2) is 0 Å². The fraction of sp³-hybridized carbons (Fsp3) is 0.412. The number of likely N-dealkylation sites (N-methyl/N-ethyl adjacent to an activating group) is 2. The molecule has 0 aliphatic carbocycles. The molecule has 0 spiro atoms. The molecule has 2 fully saturated rings. The largest absolute Gasteiger partial charge is 0.487 e. The number of carbonyl (C=O) groups is 9. The van der Waals surface area contributed by atoms with Crippen molar-refractivity contribution in [2.45, 2.75) is 173 Å². The Kier molecular flexibility index (Phi) is 24.1. The Morgan fingerprint density at radius 1 is 0.554 bits per heavy atom. The van der Waals surface area contributed by atoms with Gasteiger partial charge in [-0.15, -0.1) is 15.3 Å². The molecule has 6 aliphatic rings. The van der Waals surface area contributed by atoms with Crippen LogP contribution in [0.4, 0.5) is 0 Å². The molecular formula is C80H94N18O14. The van der Waals surface area contributed by atoms with Gasteiger partial charge in [0.2, 0.25) is 53.1 Å². The zero-order valence-corrected chi connectivity index (χ0v) is 63.9. The first-order valence-corrected chi connectivity index (χ1v) is 37.3. The highest BCUT2D eigenvalue weighted by Crippen LogP contribution is 2.36. The Morgan fingerprint density at radius 2 is 0.991 bits per heavy atom. The van der Waals surface area contributed by atoms with Gasteiger partial charge >= 0.3 is 11.7 Å². The van der Waals surface area contributed by atoms with Crippen molar-refractivity contribution in [3.8, 4) is 11.5 Å². The summed E-state index contributed by atoms with van der Waals surface area (Å²) in [5, 5.41) is 61.8. The molecule has 0 saturated carbocycles. The van der Waals surface area contributed by atoms with Crippen LogP contribution in [0.25, 0.3) is 21.5 Å². The Morgan fingerprint density at radius 3 is 1.41 bits per heavy atom.